The number of anilines is 2. The third kappa shape index (κ3) is 4.66. The Morgan fingerprint density at radius 1 is 1.21 bits per heavy atom. The number of nitro benzene ring substituents is 1. The molecule has 0 heterocycles. The number of sulfonamides is 1. The summed E-state index contributed by atoms with van der Waals surface area (Å²) in [7, 11) is -3.74. The second-order valence-electron chi connectivity index (χ2n) is 6.45. The number of nitrogens with one attached hydrogen (secondary N) is 1. The highest BCUT2D eigenvalue weighted by atomic mass is 32.2. The first kappa shape index (κ1) is 21.4. The first-order valence-electron chi connectivity index (χ1n) is 8.69. The van der Waals surface area contributed by atoms with Gasteiger partial charge in [0.05, 0.1) is 28.1 Å². The van der Waals surface area contributed by atoms with Crippen LogP contribution in [0.3, 0.4) is 0 Å². The van der Waals surface area contributed by atoms with Crippen LogP contribution in [0.15, 0.2) is 42.5 Å². The van der Waals surface area contributed by atoms with Crippen molar-refractivity contribution >= 4 is 33.0 Å². The van der Waals surface area contributed by atoms with Crippen LogP contribution in [-0.2, 0) is 21.2 Å². The first-order chi connectivity index (χ1) is 13.1. The molecule has 0 spiro atoms. The minimum absolute atomic E-state index is 0.124. The summed E-state index contributed by atoms with van der Waals surface area (Å²) in [6.45, 7) is 4.98. The van der Waals surface area contributed by atoms with Gasteiger partial charge in [-0.2, -0.15) is 0 Å². The Morgan fingerprint density at radius 2 is 1.82 bits per heavy atom. The van der Waals surface area contributed by atoms with Gasteiger partial charge >= 0.3 is 0 Å². The molecule has 0 aliphatic rings. The predicted octanol–water partition coefficient (Wildman–Crippen LogP) is 3.26. The maximum Gasteiger partial charge on any atom is 0.274 e. The van der Waals surface area contributed by atoms with Crippen molar-refractivity contribution in [1.82, 2.24) is 0 Å². The summed E-state index contributed by atoms with van der Waals surface area (Å²) in [6.07, 6.45) is 1.84. The van der Waals surface area contributed by atoms with Crippen LogP contribution in [0.2, 0.25) is 0 Å². The summed E-state index contributed by atoms with van der Waals surface area (Å²) >= 11 is 0. The molecule has 0 bridgehead atoms. The zero-order valence-electron chi connectivity index (χ0n) is 16.2. The van der Waals surface area contributed by atoms with Crippen molar-refractivity contribution in [2.75, 3.05) is 15.9 Å². The van der Waals surface area contributed by atoms with Crippen LogP contribution >= 0.6 is 0 Å². The number of aryl methyl sites for hydroxylation is 1. The summed E-state index contributed by atoms with van der Waals surface area (Å²) in [5, 5.41) is 13.7. The highest BCUT2D eigenvalue weighted by molar-refractivity contribution is 7.92. The molecule has 2 aromatic rings. The van der Waals surface area contributed by atoms with E-state index >= 15 is 0 Å². The first-order valence-corrected chi connectivity index (χ1v) is 10.5. The van der Waals surface area contributed by atoms with Gasteiger partial charge in [-0.3, -0.25) is 19.2 Å². The Bertz CT molecular complexity index is 987. The Balaban J connectivity index is 2.34. The Labute approximate surface area is 164 Å². The topological polar surface area (TPSA) is 110 Å². The lowest BCUT2D eigenvalue weighted by molar-refractivity contribution is -0.385. The molecule has 0 saturated heterocycles. The summed E-state index contributed by atoms with van der Waals surface area (Å²) < 4.78 is 25.7. The fourth-order valence-electron chi connectivity index (χ4n) is 2.88. The molecule has 0 aliphatic carbocycles. The quantitative estimate of drug-likeness (QED) is 0.562. The molecule has 0 fully saturated rings. The van der Waals surface area contributed by atoms with Crippen molar-refractivity contribution in [3.8, 4) is 0 Å². The molecule has 0 unspecified atom stereocenters. The van der Waals surface area contributed by atoms with E-state index in [1.165, 1.54) is 32.0 Å². The number of hydrogen-bond donors (Lipinski definition) is 1. The number of carbonyl (C=O) groups is 1. The molecule has 9 heteroatoms. The monoisotopic (exact) mass is 405 g/mol. The Kier molecular flexibility index (Phi) is 6.40. The van der Waals surface area contributed by atoms with Crippen molar-refractivity contribution in [2.24, 2.45) is 0 Å². The lowest BCUT2D eigenvalue weighted by Gasteiger charge is -2.28. The van der Waals surface area contributed by atoms with Crippen LogP contribution in [-0.4, -0.2) is 31.5 Å². The maximum absolute atomic E-state index is 12.7. The van der Waals surface area contributed by atoms with Crippen LogP contribution in [0, 0.1) is 17.0 Å². The van der Waals surface area contributed by atoms with Gasteiger partial charge in [0, 0.05) is 6.07 Å². The van der Waals surface area contributed by atoms with Crippen LogP contribution in [0.4, 0.5) is 17.1 Å². The van der Waals surface area contributed by atoms with E-state index < -0.39 is 26.9 Å². The highest BCUT2D eigenvalue weighted by Gasteiger charge is 2.29. The summed E-state index contributed by atoms with van der Waals surface area (Å²) in [6, 6.07) is 10.2. The fraction of sp³-hybridized carbons (Fsp3) is 0.316. The Morgan fingerprint density at radius 3 is 2.32 bits per heavy atom. The van der Waals surface area contributed by atoms with Gasteiger partial charge < -0.3 is 5.32 Å². The van der Waals surface area contributed by atoms with E-state index in [1.54, 1.807) is 12.1 Å². The molecule has 0 radical (unpaired) electrons. The van der Waals surface area contributed by atoms with Gasteiger partial charge in [0.25, 0.3) is 5.69 Å². The van der Waals surface area contributed by atoms with E-state index in [0.717, 1.165) is 22.5 Å². The molecule has 8 nitrogen and oxygen atoms in total. The number of nitro groups is 1. The molecule has 0 aliphatic heterocycles. The molecule has 2 rings (SSSR count). The van der Waals surface area contributed by atoms with Crippen LogP contribution in [0.1, 0.15) is 25.0 Å². The van der Waals surface area contributed by atoms with Crippen LogP contribution in [0.25, 0.3) is 0 Å². The second-order valence-corrected chi connectivity index (χ2v) is 8.31. The van der Waals surface area contributed by atoms with Crippen LogP contribution < -0.4 is 9.62 Å². The van der Waals surface area contributed by atoms with E-state index in [2.05, 4.69) is 5.32 Å². The number of nitrogens with zero attached hydrogens (tertiary/aromatic N) is 2. The zero-order valence-corrected chi connectivity index (χ0v) is 17.0. The van der Waals surface area contributed by atoms with Gasteiger partial charge in [-0.1, -0.05) is 25.1 Å². The molecule has 150 valence electrons. The number of amides is 1. The molecule has 2 aromatic carbocycles. The average molecular weight is 405 g/mol. The molecular formula is C19H23N3O5S. The summed E-state index contributed by atoms with van der Waals surface area (Å²) in [4.78, 5) is 23.3. The normalized spacial score (nSPS) is 12.3. The van der Waals surface area contributed by atoms with E-state index in [0.29, 0.717) is 11.3 Å². The Hall–Kier alpha value is -2.94. The SMILES string of the molecule is CCc1ccc(N([C@H](C)C(=O)Nc2cccc([N+](=O)[O-])c2C)S(C)(=O)=O)cc1. The lowest BCUT2D eigenvalue weighted by atomic mass is 10.1. The third-order valence-corrected chi connectivity index (χ3v) is 5.69. The van der Waals surface area contributed by atoms with E-state index in [-0.39, 0.29) is 11.4 Å². The number of rotatable bonds is 7. The standard InChI is InChI=1S/C19H23N3O5S/c1-5-15-9-11-16(12-10-15)21(28(4,26)27)14(3)19(23)20-17-7-6-8-18(13(17)2)22(24)25/h6-12,14H,5H2,1-4H3,(H,20,23)/t14-/m1/s1. The maximum atomic E-state index is 12.7. The zero-order chi connectivity index (χ0) is 21.1. The van der Waals surface area contributed by atoms with Gasteiger partial charge in [0.1, 0.15) is 6.04 Å². The number of benzene rings is 2. The van der Waals surface area contributed by atoms with E-state index in [9.17, 15) is 23.3 Å². The minimum Gasteiger partial charge on any atom is -0.324 e. The molecule has 28 heavy (non-hydrogen) atoms. The molecule has 1 amide bonds. The lowest BCUT2D eigenvalue weighted by Crippen LogP contribution is -2.45. The summed E-state index contributed by atoms with van der Waals surface area (Å²) in [5.41, 5.74) is 1.85. The summed E-state index contributed by atoms with van der Waals surface area (Å²) in [5.74, 6) is -0.589. The van der Waals surface area contributed by atoms with Crippen molar-refractivity contribution in [1.29, 1.82) is 0 Å². The molecule has 0 aromatic heterocycles. The fourth-order valence-corrected chi connectivity index (χ4v) is 4.06. The molecule has 1 N–H and O–H groups in total. The molecule has 1 atom stereocenters. The third-order valence-electron chi connectivity index (χ3n) is 4.45. The largest absolute Gasteiger partial charge is 0.324 e. The van der Waals surface area contributed by atoms with Gasteiger partial charge in [-0.15, -0.1) is 0 Å². The van der Waals surface area contributed by atoms with Crippen molar-refractivity contribution in [2.45, 2.75) is 33.2 Å². The van der Waals surface area contributed by atoms with Gasteiger partial charge in [0.15, 0.2) is 0 Å². The highest BCUT2D eigenvalue weighted by Crippen LogP contribution is 2.26. The molecular weight excluding hydrogens is 382 g/mol. The predicted molar refractivity (Wildman–Crippen MR) is 109 cm³/mol. The van der Waals surface area contributed by atoms with Crippen molar-refractivity contribution in [3.63, 3.8) is 0 Å². The van der Waals surface area contributed by atoms with Crippen molar-refractivity contribution in [3.05, 3.63) is 63.7 Å². The number of hydrogen-bond acceptors (Lipinski definition) is 5. The second kappa shape index (κ2) is 8.39. The smallest absolute Gasteiger partial charge is 0.274 e. The molecule has 0 saturated carbocycles. The minimum atomic E-state index is -3.74. The van der Waals surface area contributed by atoms with Gasteiger partial charge in [0.2, 0.25) is 15.9 Å². The average Bonchev–Trinajstić information content (AvgIpc) is 2.62. The van der Waals surface area contributed by atoms with Gasteiger partial charge in [-0.05, 0) is 44.0 Å². The van der Waals surface area contributed by atoms with Crippen molar-refractivity contribution < 1.29 is 18.1 Å². The van der Waals surface area contributed by atoms with E-state index in [4.69, 9.17) is 0 Å². The van der Waals surface area contributed by atoms with Crippen LogP contribution in [0.5, 0.6) is 0 Å². The van der Waals surface area contributed by atoms with Gasteiger partial charge in [-0.25, -0.2) is 8.42 Å². The van der Waals surface area contributed by atoms with E-state index in [1.807, 2.05) is 19.1 Å². The number of carbonyl (C=O) groups excluding carboxylic acids is 1.